The predicted octanol–water partition coefficient (Wildman–Crippen LogP) is 5.58. The van der Waals surface area contributed by atoms with Gasteiger partial charge in [0.15, 0.2) is 0 Å². The summed E-state index contributed by atoms with van der Waals surface area (Å²) < 4.78 is 32.5. The molecule has 1 aromatic heterocycles. The molecule has 112 heavy (non-hydrogen) atoms. The van der Waals surface area contributed by atoms with Gasteiger partial charge in [-0.15, -0.1) is 6.58 Å². The van der Waals surface area contributed by atoms with Gasteiger partial charge >= 0.3 is 59.0 Å². The Kier molecular flexibility index (Phi) is 38.7. The number of β-amino-alcohol motifs (C(OH)–C–C–N with tert-alkyl or cyclic N) is 2. The zero-order chi connectivity index (χ0) is 86.2. The van der Waals surface area contributed by atoms with Crippen LogP contribution in [-0.2, 0) is 87.0 Å². The second-order valence-electron chi connectivity index (χ2n) is 29.6. The van der Waals surface area contributed by atoms with Gasteiger partial charge in [0.2, 0.25) is 23.6 Å². The fourth-order valence-corrected chi connectivity index (χ4v) is 13.1. The van der Waals surface area contributed by atoms with Crippen molar-refractivity contribution >= 4 is 71.5 Å². The summed E-state index contributed by atoms with van der Waals surface area (Å²) in [5.74, 6) is -3.46. The molecule has 4 heterocycles. The number of urea groups is 3. The van der Waals surface area contributed by atoms with Crippen molar-refractivity contribution in [2.75, 3.05) is 82.9 Å². The van der Waals surface area contributed by atoms with Crippen molar-refractivity contribution in [1.82, 2.24) is 43.1 Å². The standard InChI is InChI=1S/C17H24O5.C14H23N3O5.C14H20O5.C13H24N2O4.2C10H16N2O3/c1-11(10-20-5)22-16(19)14-9-12(17(2,3)4)7-8-13(14)15(18)21-6;1-4-7-15-12(20)16(8-10(18)5-2)14(22)17(13(15)21)9-11(19)6-3;1-8(7-17-2)19-14(16)12-10-5-4-9(6-10)11(12)13(15)18-3;1-5-9(16)7-14-11(18)13(3,4)15(12(14)19)8-10(17)6-2;2*1-5-10(6-2)7(13)11(3)9(15)12(4)8(10)14/h7-9,11H,10H2,1-6H3;4,10-11,18-19H,1,5-9H2,2-3H3;8-10H,4-7H2,1-3H3;9-10,16-17H,5-8H2,1-4H3;2*5-6H2,1-4H3. The lowest BCUT2D eigenvalue weighted by molar-refractivity contribution is -0.159. The molecule has 1 saturated carbocycles. The van der Waals surface area contributed by atoms with Crippen LogP contribution in [0.4, 0.5) is 14.4 Å². The van der Waals surface area contributed by atoms with Crippen LogP contribution < -0.4 is 17.1 Å². The van der Waals surface area contributed by atoms with Gasteiger partial charge in [0.1, 0.15) is 28.6 Å². The highest BCUT2D eigenvalue weighted by atomic mass is 16.6. The molecule has 3 saturated heterocycles. The number of hydrogen-bond donors (Lipinski definition) is 4. The number of esters is 4. The summed E-state index contributed by atoms with van der Waals surface area (Å²) in [6.07, 6.45) is 3.74. The number of hydrogen-bond acceptors (Lipinski definition) is 25. The molecule has 34 nitrogen and oxygen atoms in total. The van der Waals surface area contributed by atoms with E-state index in [1.165, 1.54) is 60.5 Å². The van der Waals surface area contributed by atoms with Gasteiger partial charge in [0.05, 0.1) is 100 Å². The van der Waals surface area contributed by atoms with E-state index in [2.05, 4.69) is 6.58 Å². The predicted molar refractivity (Wildman–Crippen MR) is 411 cm³/mol. The van der Waals surface area contributed by atoms with Crippen LogP contribution in [0.25, 0.3) is 0 Å². The van der Waals surface area contributed by atoms with Crippen molar-refractivity contribution in [3.05, 3.63) is 90.1 Å². The van der Waals surface area contributed by atoms with E-state index in [4.69, 9.17) is 28.4 Å². The number of barbiturate groups is 2. The summed E-state index contributed by atoms with van der Waals surface area (Å²) in [4.78, 5) is 187. The maximum Gasteiger partial charge on any atom is 0.339 e. The van der Waals surface area contributed by atoms with Crippen molar-refractivity contribution in [1.29, 1.82) is 0 Å². The molecule has 630 valence electrons. The van der Waals surface area contributed by atoms with Crippen LogP contribution in [0.2, 0.25) is 0 Å². The molecule has 4 N–H and O–H groups in total. The van der Waals surface area contributed by atoms with Crippen LogP contribution in [-0.4, -0.2) is 260 Å². The van der Waals surface area contributed by atoms with E-state index in [-0.39, 0.29) is 103 Å². The fourth-order valence-electron chi connectivity index (χ4n) is 13.1. The zero-order valence-corrected chi connectivity index (χ0v) is 69.8. The largest absolute Gasteiger partial charge is 0.466 e. The van der Waals surface area contributed by atoms with Crippen LogP contribution in [0.15, 0.2) is 56.4 Å². The average Bonchev–Trinajstić information content (AvgIpc) is 1.33. The van der Waals surface area contributed by atoms with E-state index in [1.807, 2.05) is 33.8 Å². The number of fused-ring (bicyclic) bond motifs is 2. The van der Waals surface area contributed by atoms with Crippen LogP contribution in [0.5, 0.6) is 0 Å². The van der Waals surface area contributed by atoms with Gasteiger partial charge in [0.25, 0.3) is 5.91 Å². The molecule has 0 radical (unpaired) electrons. The topological polar surface area (TPSA) is 427 Å². The van der Waals surface area contributed by atoms with Gasteiger partial charge < -0.3 is 53.7 Å². The molecule has 0 spiro atoms. The van der Waals surface area contributed by atoms with Crippen molar-refractivity contribution < 1.29 is 106 Å². The molecule has 11 amide bonds. The highest BCUT2D eigenvalue weighted by molar-refractivity contribution is 6.19. The molecule has 7 rings (SSSR count). The summed E-state index contributed by atoms with van der Waals surface area (Å²) in [6.45, 7) is 30.9. The number of methoxy groups -OCH3 is 4. The summed E-state index contributed by atoms with van der Waals surface area (Å²) in [6, 6.07) is 3.57. The molecule has 4 fully saturated rings. The molecular formula is C78H123N9O25. The number of ether oxygens (including phenoxy) is 6. The Bertz CT molecular complexity index is 3730. The molecule has 8 unspecified atom stereocenters. The van der Waals surface area contributed by atoms with Crippen molar-refractivity contribution in [2.24, 2.45) is 22.7 Å². The number of aliphatic hydroxyl groups is 4. The van der Waals surface area contributed by atoms with E-state index in [9.17, 15) is 92.3 Å². The Morgan fingerprint density at radius 1 is 0.500 bits per heavy atom. The molecule has 5 aliphatic rings. The first-order chi connectivity index (χ1) is 52.2. The minimum Gasteiger partial charge on any atom is -0.466 e. The van der Waals surface area contributed by atoms with Gasteiger partial charge in [-0.1, -0.05) is 88.3 Å². The van der Waals surface area contributed by atoms with Gasteiger partial charge in [0, 0.05) is 49.0 Å². The number of benzene rings is 1. The molecule has 2 bridgehead atoms. The zero-order valence-electron chi connectivity index (χ0n) is 69.8. The number of allylic oxidation sites excluding steroid dienone is 1. The first-order valence-electron chi connectivity index (χ1n) is 37.8. The molecular weight excluding hydrogens is 1460 g/mol. The fraction of sp³-hybridized carbons (Fsp3) is 0.679. The lowest BCUT2D eigenvalue weighted by Gasteiger charge is -2.40. The van der Waals surface area contributed by atoms with Crippen LogP contribution in [0, 0.1) is 22.7 Å². The summed E-state index contributed by atoms with van der Waals surface area (Å²) in [5, 5.41) is 38.7. The number of aliphatic hydroxyl groups excluding tert-OH is 4. The van der Waals surface area contributed by atoms with Crippen molar-refractivity contribution in [3.63, 3.8) is 0 Å². The summed E-state index contributed by atoms with van der Waals surface area (Å²) in [7, 11) is 11.4. The number of aromatic nitrogens is 3. The normalized spacial score (nSPS) is 19.1. The maximum absolute atomic E-state index is 12.4. The van der Waals surface area contributed by atoms with Crippen molar-refractivity contribution in [2.45, 2.75) is 242 Å². The summed E-state index contributed by atoms with van der Waals surface area (Å²) in [5.41, 5.74) is -3.19. The second kappa shape index (κ2) is 43.8. The first kappa shape index (κ1) is 99.0. The molecule has 34 heteroatoms. The van der Waals surface area contributed by atoms with Crippen LogP contribution in [0.1, 0.15) is 201 Å². The Labute approximate surface area is 655 Å². The molecule has 2 aliphatic carbocycles. The smallest absolute Gasteiger partial charge is 0.339 e. The number of carbonyl (C=O) groups excluding carboxylic acids is 12. The van der Waals surface area contributed by atoms with Crippen LogP contribution >= 0.6 is 0 Å². The molecule has 2 aromatic rings. The lowest BCUT2D eigenvalue weighted by Crippen LogP contribution is -2.62. The molecule has 1 aromatic carbocycles. The number of rotatable bonds is 28. The van der Waals surface area contributed by atoms with E-state index in [0.717, 1.165) is 63.0 Å². The third-order valence-electron chi connectivity index (χ3n) is 20.6. The number of imide groups is 5. The summed E-state index contributed by atoms with van der Waals surface area (Å²) >= 11 is 0. The number of carbonyl (C=O) groups is 12. The van der Waals surface area contributed by atoms with Gasteiger partial charge in [-0.2, -0.15) is 0 Å². The van der Waals surface area contributed by atoms with E-state index < -0.39 is 106 Å². The number of nitrogens with zero attached hydrogens (tertiary/aromatic N) is 9. The minimum absolute atomic E-state index is 0.0102. The SMILES string of the molecule is C=CCn1c(=O)n(CC(O)CC)c(=O)n(CC(O)CC)c1=O.CCC(O)CN1C(=O)N(CC(O)CC)C(C)(C)C1=O.CCC1(CC)C(=O)N(C)C(=O)N(C)C1=O.CCC1(CC)C(=O)N(C)C(=O)N(C)C1=O.COCC(C)OC(=O)C1=C(C(=O)OC)C2CCC1C2.COCC(C)OC(=O)c1cc(C(C)(C)C)ccc1C(=O)OC. The quantitative estimate of drug-likeness (QED) is 0.0265. The number of amides is 11. The monoisotopic (exact) mass is 1590 g/mol. The Morgan fingerprint density at radius 3 is 1.21 bits per heavy atom. The van der Waals surface area contributed by atoms with E-state index >= 15 is 0 Å². The third kappa shape index (κ3) is 23.3. The average molecular weight is 1590 g/mol. The minimum atomic E-state index is -1.04. The van der Waals surface area contributed by atoms with Gasteiger partial charge in [-0.25, -0.2) is 61.6 Å². The van der Waals surface area contributed by atoms with Crippen LogP contribution in [0.3, 0.4) is 0 Å². The second-order valence-corrected chi connectivity index (χ2v) is 29.6. The maximum atomic E-state index is 12.4. The molecule has 8 atom stereocenters. The Balaban J connectivity index is 0.000000459. The van der Waals surface area contributed by atoms with E-state index in [1.54, 1.807) is 95.4 Å². The van der Waals surface area contributed by atoms with Crippen molar-refractivity contribution in [3.8, 4) is 0 Å². The first-order valence-corrected chi connectivity index (χ1v) is 37.8. The third-order valence-corrected chi connectivity index (χ3v) is 20.6. The van der Waals surface area contributed by atoms with Gasteiger partial charge in [-0.3, -0.25) is 48.5 Å². The molecule has 3 aliphatic heterocycles. The highest BCUT2D eigenvalue weighted by Crippen LogP contribution is 2.49. The Hall–Kier alpha value is -9.09. The van der Waals surface area contributed by atoms with Gasteiger partial charge in [-0.05, 0) is 133 Å². The highest BCUT2D eigenvalue weighted by Gasteiger charge is 2.55. The van der Waals surface area contributed by atoms with E-state index in [0.29, 0.717) is 69.1 Å². The lowest BCUT2D eigenvalue weighted by atomic mass is 9.78. The Morgan fingerprint density at radius 2 is 0.857 bits per heavy atom.